The average Bonchev–Trinajstić information content (AvgIpc) is 2.64. The van der Waals surface area contributed by atoms with Crippen LogP contribution in [0.5, 0.6) is 5.75 Å². The Morgan fingerprint density at radius 3 is 2.43 bits per heavy atom. The van der Waals surface area contributed by atoms with Gasteiger partial charge in [0.05, 0.1) is 13.0 Å². The number of carbonyl (C=O) groups excluding carboxylic acids is 2. The average molecular weight is 386 g/mol. The molecule has 1 aromatic carbocycles. The first-order valence-electron chi connectivity index (χ1n) is 10.6. The first kappa shape index (κ1) is 19.3. The van der Waals surface area contributed by atoms with E-state index < -0.39 is 5.97 Å². The second-order valence-electron chi connectivity index (χ2n) is 9.27. The number of hydrogen-bond acceptors (Lipinski definition) is 4. The van der Waals surface area contributed by atoms with Gasteiger partial charge in [0.2, 0.25) is 0 Å². The number of nitrogens with one attached hydrogen (secondary N) is 1. The van der Waals surface area contributed by atoms with E-state index in [1.165, 1.54) is 38.5 Å². The van der Waals surface area contributed by atoms with E-state index in [1.807, 2.05) is 31.2 Å². The van der Waals surface area contributed by atoms with E-state index in [4.69, 9.17) is 9.47 Å². The van der Waals surface area contributed by atoms with Gasteiger partial charge in [0.25, 0.3) is 5.91 Å². The monoisotopic (exact) mass is 385 g/mol. The van der Waals surface area contributed by atoms with Crippen molar-refractivity contribution in [2.24, 2.45) is 23.2 Å². The van der Waals surface area contributed by atoms with E-state index in [9.17, 15) is 9.59 Å². The Labute approximate surface area is 167 Å². The molecule has 1 amide bonds. The molecule has 152 valence electrons. The molecule has 4 fully saturated rings. The standard InChI is InChI=1S/C23H31NO4/c1-16-3-2-4-20(7-16)27-6-5-22(26)28-14-21(25)24-15-23-11-17-8-18(12-23)10-19(9-17)13-23/h2-4,7,17-19H,5-6,8-15H2,1H3,(H,24,25). The highest BCUT2D eigenvalue weighted by Gasteiger charge is 2.50. The smallest absolute Gasteiger partial charge is 0.309 e. The van der Waals surface area contributed by atoms with E-state index in [0.717, 1.165) is 35.6 Å². The van der Waals surface area contributed by atoms with Crippen LogP contribution in [0.25, 0.3) is 0 Å². The summed E-state index contributed by atoms with van der Waals surface area (Å²) in [7, 11) is 0. The van der Waals surface area contributed by atoms with Crippen LogP contribution < -0.4 is 10.1 Å². The lowest BCUT2D eigenvalue weighted by molar-refractivity contribution is -0.149. The molecule has 0 spiro atoms. The van der Waals surface area contributed by atoms with Crippen molar-refractivity contribution in [3.05, 3.63) is 29.8 Å². The predicted octanol–water partition coefficient (Wildman–Crippen LogP) is 3.64. The molecule has 5 heteroatoms. The molecule has 0 unspecified atom stereocenters. The van der Waals surface area contributed by atoms with E-state index in [-0.39, 0.29) is 25.5 Å². The van der Waals surface area contributed by atoms with E-state index >= 15 is 0 Å². The number of ether oxygens (including phenoxy) is 2. The topological polar surface area (TPSA) is 64.6 Å². The Kier molecular flexibility index (Phi) is 5.61. The number of esters is 1. The van der Waals surface area contributed by atoms with Crippen LogP contribution in [0.4, 0.5) is 0 Å². The summed E-state index contributed by atoms with van der Waals surface area (Å²) in [5, 5.41) is 3.04. The molecule has 0 radical (unpaired) electrons. The molecule has 0 atom stereocenters. The molecule has 1 aromatic rings. The van der Waals surface area contributed by atoms with Crippen molar-refractivity contribution < 1.29 is 19.1 Å². The normalized spacial score (nSPS) is 30.1. The van der Waals surface area contributed by atoms with Crippen molar-refractivity contribution in [1.82, 2.24) is 5.32 Å². The lowest BCUT2D eigenvalue weighted by atomic mass is 9.49. The fourth-order valence-electron chi connectivity index (χ4n) is 6.02. The van der Waals surface area contributed by atoms with Crippen LogP contribution >= 0.6 is 0 Å². The lowest BCUT2D eigenvalue weighted by Crippen LogP contribution is -2.51. The zero-order chi connectivity index (χ0) is 19.6. The quantitative estimate of drug-likeness (QED) is 0.694. The minimum atomic E-state index is -0.405. The summed E-state index contributed by atoms with van der Waals surface area (Å²) < 4.78 is 10.7. The second kappa shape index (κ2) is 8.14. The molecule has 0 aliphatic heterocycles. The van der Waals surface area contributed by atoms with Crippen LogP contribution in [0.15, 0.2) is 24.3 Å². The molecule has 1 N–H and O–H groups in total. The Bertz CT molecular complexity index is 694. The third-order valence-corrected chi connectivity index (χ3v) is 6.75. The Balaban J connectivity index is 1.13. The molecule has 4 bridgehead atoms. The summed E-state index contributed by atoms with van der Waals surface area (Å²) in [5.74, 6) is 2.75. The highest BCUT2D eigenvalue weighted by Crippen LogP contribution is 2.59. The summed E-state index contributed by atoms with van der Waals surface area (Å²) in [4.78, 5) is 24.0. The van der Waals surface area contributed by atoms with Gasteiger partial charge < -0.3 is 14.8 Å². The van der Waals surface area contributed by atoms with Gasteiger partial charge in [-0.15, -0.1) is 0 Å². The Hall–Kier alpha value is -2.04. The van der Waals surface area contributed by atoms with Crippen molar-refractivity contribution in [3.63, 3.8) is 0 Å². The first-order valence-corrected chi connectivity index (χ1v) is 10.6. The fraction of sp³-hybridized carbons (Fsp3) is 0.652. The largest absolute Gasteiger partial charge is 0.493 e. The van der Waals surface area contributed by atoms with Crippen LogP contribution in [-0.2, 0) is 14.3 Å². The summed E-state index contributed by atoms with van der Waals surface area (Å²) in [5.41, 5.74) is 1.41. The molecule has 5 rings (SSSR count). The van der Waals surface area contributed by atoms with Crippen molar-refractivity contribution >= 4 is 11.9 Å². The van der Waals surface area contributed by atoms with Crippen LogP contribution in [0.1, 0.15) is 50.5 Å². The molecule has 0 aromatic heterocycles. The minimum absolute atomic E-state index is 0.135. The molecule has 0 heterocycles. The molecule has 4 aliphatic carbocycles. The van der Waals surface area contributed by atoms with Gasteiger partial charge in [-0.3, -0.25) is 9.59 Å². The van der Waals surface area contributed by atoms with Gasteiger partial charge in [0, 0.05) is 6.54 Å². The molecule has 0 saturated heterocycles. The summed E-state index contributed by atoms with van der Waals surface area (Å²) in [6, 6.07) is 7.68. The molecule has 28 heavy (non-hydrogen) atoms. The van der Waals surface area contributed by atoms with Crippen LogP contribution in [0, 0.1) is 30.1 Å². The Morgan fingerprint density at radius 2 is 1.79 bits per heavy atom. The van der Waals surface area contributed by atoms with Crippen molar-refractivity contribution in [2.45, 2.75) is 51.9 Å². The van der Waals surface area contributed by atoms with Crippen molar-refractivity contribution in [3.8, 4) is 5.75 Å². The summed E-state index contributed by atoms with van der Waals surface area (Å²) in [6.07, 6.45) is 8.11. The number of hydrogen-bond donors (Lipinski definition) is 1. The number of carbonyl (C=O) groups is 2. The highest BCUT2D eigenvalue weighted by atomic mass is 16.5. The number of benzene rings is 1. The first-order chi connectivity index (χ1) is 13.5. The third kappa shape index (κ3) is 4.68. The lowest BCUT2D eigenvalue weighted by Gasteiger charge is -2.56. The zero-order valence-corrected chi connectivity index (χ0v) is 16.7. The fourth-order valence-corrected chi connectivity index (χ4v) is 6.02. The second-order valence-corrected chi connectivity index (χ2v) is 9.27. The van der Waals surface area contributed by atoms with Gasteiger partial charge in [0.1, 0.15) is 5.75 Å². The molecule has 4 aliphatic rings. The van der Waals surface area contributed by atoms with Crippen molar-refractivity contribution in [1.29, 1.82) is 0 Å². The zero-order valence-electron chi connectivity index (χ0n) is 16.7. The van der Waals surface area contributed by atoms with Gasteiger partial charge in [-0.05, 0) is 86.3 Å². The summed E-state index contributed by atoms with van der Waals surface area (Å²) in [6.45, 7) is 2.78. The molecule has 5 nitrogen and oxygen atoms in total. The maximum Gasteiger partial charge on any atom is 0.309 e. The van der Waals surface area contributed by atoms with Gasteiger partial charge in [-0.2, -0.15) is 0 Å². The number of aryl methyl sites for hydroxylation is 1. The highest BCUT2D eigenvalue weighted by molar-refractivity contribution is 5.80. The van der Waals surface area contributed by atoms with Gasteiger partial charge in [-0.1, -0.05) is 12.1 Å². The maximum absolute atomic E-state index is 12.2. The van der Waals surface area contributed by atoms with Gasteiger partial charge in [-0.25, -0.2) is 0 Å². The minimum Gasteiger partial charge on any atom is -0.493 e. The predicted molar refractivity (Wildman–Crippen MR) is 106 cm³/mol. The summed E-state index contributed by atoms with van der Waals surface area (Å²) >= 11 is 0. The maximum atomic E-state index is 12.2. The van der Waals surface area contributed by atoms with E-state index in [2.05, 4.69) is 5.32 Å². The van der Waals surface area contributed by atoms with Crippen LogP contribution in [-0.4, -0.2) is 31.6 Å². The third-order valence-electron chi connectivity index (χ3n) is 6.75. The van der Waals surface area contributed by atoms with Crippen LogP contribution in [0.3, 0.4) is 0 Å². The SMILES string of the molecule is Cc1cccc(OCCC(=O)OCC(=O)NCC23CC4CC(CC(C4)C2)C3)c1. The van der Waals surface area contributed by atoms with Gasteiger partial charge >= 0.3 is 5.97 Å². The Morgan fingerprint density at radius 1 is 1.11 bits per heavy atom. The van der Waals surface area contributed by atoms with Crippen molar-refractivity contribution in [2.75, 3.05) is 19.8 Å². The molecular weight excluding hydrogens is 354 g/mol. The molecule has 4 saturated carbocycles. The van der Waals surface area contributed by atoms with Gasteiger partial charge in [0.15, 0.2) is 6.61 Å². The van der Waals surface area contributed by atoms with E-state index in [0.29, 0.717) is 5.41 Å². The van der Waals surface area contributed by atoms with Crippen LogP contribution in [0.2, 0.25) is 0 Å². The number of rotatable bonds is 8. The molecular formula is C23H31NO4. The van der Waals surface area contributed by atoms with E-state index in [1.54, 1.807) is 0 Å². The number of amides is 1.